The van der Waals surface area contributed by atoms with Crippen molar-refractivity contribution in [3.63, 3.8) is 0 Å². The first-order valence-corrected chi connectivity index (χ1v) is 10.2. The summed E-state index contributed by atoms with van der Waals surface area (Å²) in [4.78, 5) is 12.3. The van der Waals surface area contributed by atoms with Crippen LogP contribution in [0.15, 0.2) is 51.8 Å². The molecule has 0 saturated heterocycles. The summed E-state index contributed by atoms with van der Waals surface area (Å²) in [7, 11) is -2.41. The molecule has 140 valence electrons. The Hall–Kier alpha value is -1.90. The number of amides is 1. The van der Waals surface area contributed by atoms with Gasteiger partial charge in [0, 0.05) is 11.5 Å². The number of carbonyl (C=O) groups is 1. The Kier molecular flexibility index (Phi) is 6.80. The van der Waals surface area contributed by atoms with Crippen LogP contribution < -0.4 is 10.1 Å². The van der Waals surface area contributed by atoms with Crippen LogP contribution in [0.1, 0.15) is 12.5 Å². The molecule has 0 radical (unpaired) electrons. The molecule has 0 fully saturated rings. The van der Waals surface area contributed by atoms with Gasteiger partial charge < -0.3 is 10.1 Å². The zero-order valence-corrected chi connectivity index (χ0v) is 17.2. The van der Waals surface area contributed by atoms with Crippen molar-refractivity contribution < 1.29 is 17.9 Å². The van der Waals surface area contributed by atoms with Crippen molar-refractivity contribution in [2.24, 2.45) is 0 Å². The van der Waals surface area contributed by atoms with Gasteiger partial charge in [-0.2, -0.15) is 4.31 Å². The summed E-state index contributed by atoms with van der Waals surface area (Å²) in [5.74, 6) is 0.214. The van der Waals surface area contributed by atoms with E-state index in [4.69, 9.17) is 4.74 Å². The highest BCUT2D eigenvalue weighted by molar-refractivity contribution is 9.10. The number of aryl methyl sites for hydroxylation is 1. The van der Waals surface area contributed by atoms with E-state index in [0.717, 1.165) is 14.3 Å². The summed E-state index contributed by atoms with van der Waals surface area (Å²) in [6.45, 7) is 3.85. The number of ether oxygens (including phenoxy) is 1. The topological polar surface area (TPSA) is 75.7 Å². The number of likely N-dealkylation sites (N-methyl/N-ethyl adjacent to an activating group) is 1. The molecule has 6 nitrogen and oxygen atoms in total. The molecule has 1 N–H and O–H groups in total. The Morgan fingerprint density at radius 2 is 1.92 bits per heavy atom. The molecule has 2 aromatic rings. The quantitative estimate of drug-likeness (QED) is 0.715. The van der Waals surface area contributed by atoms with Crippen LogP contribution in [0.5, 0.6) is 5.75 Å². The normalized spacial score (nSPS) is 11.4. The van der Waals surface area contributed by atoms with Gasteiger partial charge in [-0.15, -0.1) is 0 Å². The minimum atomic E-state index is -3.79. The number of rotatable bonds is 7. The molecule has 0 spiro atoms. The monoisotopic (exact) mass is 440 g/mol. The van der Waals surface area contributed by atoms with Crippen molar-refractivity contribution >= 4 is 37.5 Å². The van der Waals surface area contributed by atoms with Crippen LogP contribution in [0.3, 0.4) is 0 Å². The highest BCUT2D eigenvalue weighted by Gasteiger charge is 2.24. The molecule has 0 unspecified atom stereocenters. The van der Waals surface area contributed by atoms with Gasteiger partial charge >= 0.3 is 0 Å². The van der Waals surface area contributed by atoms with Gasteiger partial charge in [-0.1, -0.05) is 12.1 Å². The second kappa shape index (κ2) is 8.66. The first-order chi connectivity index (χ1) is 12.3. The molecule has 0 atom stereocenters. The summed E-state index contributed by atoms with van der Waals surface area (Å²) in [6.07, 6.45) is 0. The van der Waals surface area contributed by atoms with Gasteiger partial charge in [0.15, 0.2) is 0 Å². The van der Waals surface area contributed by atoms with Crippen molar-refractivity contribution in [2.45, 2.75) is 18.7 Å². The zero-order chi connectivity index (χ0) is 19.3. The Morgan fingerprint density at radius 3 is 2.54 bits per heavy atom. The Morgan fingerprint density at radius 1 is 1.23 bits per heavy atom. The van der Waals surface area contributed by atoms with E-state index in [9.17, 15) is 13.2 Å². The van der Waals surface area contributed by atoms with Crippen LogP contribution in [0.25, 0.3) is 0 Å². The maximum atomic E-state index is 12.7. The molecule has 0 saturated carbocycles. The highest BCUT2D eigenvalue weighted by atomic mass is 79.9. The number of halogens is 1. The summed E-state index contributed by atoms with van der Waals surface area (Å²) in [6, 6.07) is 11.8. The molecule has 0 aliphatic carbocycles. The predicted octanol–water partition coefficient (Wildman–Crippen LogP) is 3.42. The molecular formula is C18H21BrN2O4S. The third-order valence-corrected chi connectivity index (χ3v) is 6.16. The second-order valence-electron chi connectivity index (χ2n) is 5.65. The van der Waals surface area contributed by atoms with Crippen LogP contribution >= 0.6 is 15.9 Å². The van der Waals surface area contributed by atoms with Crippen molar-refractivity contribution in [3.8, 4) is 5.75 Å². The van der Waals surface area contributed by atoms with E-state index in [1.54, 1.807) is 37.3 Å². The van der Waals surface area contributed by atoms with Crippen molar-refractivity contribution in [1.82, 2.24) is 4.31 Å². The molecular weight excluding hydrogens is 420 g/mol. The zero-order valence-electron chi connectivity index (χ0n) is 14.8. The second-order valence-corrected chi connectivity index (χ2v) is 8.55. The van der Waals surface area contributed by atoms with E-state index in [-0.39, 0.29) is 11.4 Å². The Balaban J connectivity index is 2.12. The number of sulfonamides is 1. The van der Waals surface area contributed by atoms with Gasteiger partial charge in [-0.05, 0) is 65.7 Å². The number of hydrogen-bond acceptors (Lipinski definition) is 4. The standard InChI is InChI=1S/C18H21BrN2O4S/c1-4-25-17-10-9-14(11-13(17)2)26(23,24)21(3)12-18(22)20-16-8-6-5-7-15(16)19/h5-11H,4,12H2,1-3H3,(H,20,22). The van der Waals surface area contributed by atoms with Crippen LogP contribution in [0.4, 0.5) is 5.69 Å². The van der Waals surface area contributed by atoms with E-state index in [2.05, 4.69) is 21.2 Å². The van der Waals surface area contributed by atoms with Crippen LogP contribution in [-0.2, 0) is 14.8 Å². The van der Waals surface area contributed by atoms with E-state index in [1.807, 2.05) is 13.0 Å². The minimum absolute atomic E-state index is 0.120. The van der Waals surface area contributed by atoms with Crippen LogP contribution in [0, 0.1) is 6.92 Å². The van der Waals surface area contributed by atoms with Crippen molar-refractivity contribution in [2.75, 3.05) is 25.5 Å². The molecule has 2 aromatic carbocycles. The minimum Gasteiger partial charge on any atom is -0.494 e. The predicted molar refractivity (Wildman–Crippen MR) is 105 cm³/mol. The van der Waals surface area contributed by atoms with Gasteiger partial charge in [0.1, 0.15) is 5.75 Å². The van der Waals surface area contributed by atoms with Crippen LogP contribution in [-0.4, -0.2) is 38.8 Å². The van der Waals surface area contributed by atoms with Crippen LogP contribution in [0.2, 0.25) is 0 Å². The maximum Gasteiger partial charge on any atom is 0.243 e. The fraction of sp³-hybridized carbons (Fsp3) is 0.278. The third kappa shape index (κ3) is 4.84. The maximum absolute atomic E-state index is 12.7. The lowest BCUT2D eigenvalue weighted by atomic mass is 10.2. The summed E-state index contributed by atoms with van der Waals surface area (Å²) in [5.41, 5.74) is 1.30. The van der Waals surface area contributed by atoms with E-state index in [1.165, 1.54) is 13.1 Å². The molecule has 8 heteroatoms. The average Bonchev–Trinajstić information content (AvgIpc) is 2.58. The van der Waals surface area contributed by atoms with E-state index in [0.29, 0.717) is 18.0 Å². The molecule has 0 aliphatic rings. The fourth-order valence-electron chi connectivity index (χ4n) is 2.32. The SMILES string of the molecule is CCOc1ccc(S(=O)(=O)N(C)CC(=O)Nc2ccccc2Br)cc1C. The van der Waals surface area contributed by atoms with Gasteiger partial charge in [0.2, 0.25) is 15.9 Å². The molecule has 0 bridgehead atoms. The molecule has 0 aromatic heterocycles. The lowest BCUT2D eigenvalue weighted by Gasteiger charge is -2.18. The Bertz CT molecular complexity index is 900. The molecule has 2 rings (SSSR count). The average molecular weight is 441 g/mol. The van der Waals surface area contributed by atoms with E-state index >= 15 is 0 Å². The molecule has 26 heavy (non-hydrogen) atoms. The highest BCUT2D eigenvalue weighted by Crippen LogP contribution is 2.24. The largest absolute Gasteiger partial charge is 0.494 e. The number of anilines is 1. The number of benzene rings is 2. The number of para-hydroxylation sites is 1. The summed E-state index contributed by atoms with van der Waals surface area (Å²) < 4.78 is 32.6. The summed E-state index contributed by atoms with van der Waals surface area (Å²) in [5, 5.41) is 2.69. The fourth-order valence-corrected chi connectivity index (χ4v) is 3.92. The van der Waals surface area contributed by atoms with Crippen molar-refractivity contribution in [3.05, 3.63) is 52.5 Å². The van der Waals surface area contributed by atoms with Gasteiger partial charge in [-0.25, -0.2) is 8.42 Å². The number of nitrogens with zero attached hydrogens (tertiary/aromatic N) is 1. The first kappa shape index (κ1) is 20.4. The van der Waals surface area contributed by atoms with Gasteiger partial charge in [-0.3, -0.25) is 4.79 Å². The van der Waals surface area contributed by atoms with Gasteiger partial charge in [0.05, 0.1) is 23.7 Å². The Labute approximate surface area is 162 Å². The first-order valence-electron chi connectivity index (χ1n) is 8.00. The lowest BCUT2D eigenvalue weighted by molar-refractivity contribution is -0.116. The van der Waals surface area contributed by atoms with E-state index < -0.39 is 15.9 Å². The molecule has 0 heterocycles. The third-order valence-electron chi connectivity index (χ3n) is 3.67. The van der Waals surface area contributed by atoms with Crippen molar-refractivity contribution in [1.29, 1.82) is 0 Å². The number of nitrogens with one attached hydrogen (secondary N) is 1. The number of hydrogen-bond donors (Lipinski definition) is 1. The van der Waals surface area contributed by atoms with Gasteiger partial charge in [0.25, 0.3) is 0 Å². The molecule has 0 aliphatic heterocycles. The summed E-state index contributed by atoms with van der Waals surface area (Å²) >= 11 is 3.34. The lowest BCUT2D eigenvalue weighted by Crippen LogP contribution is -2.35. The number of carbonyl (C=O) groups excluding carboxylic acids is 1. The smallest absolute Gasteiger partial charge is 0.243 e. The molecule has 1 amide bonds.